The Bertz CT molecular complexity index is 841. The van der Waals surface area contributed by atoms with E-state index in [0.29, 0.717) is 19.8 Å². The maximum atomic E-state index is 5.92. The van der Waals surface area contributed by atoms with Gasteiger partial charge < -0.3 is 19.2 Å². The summed E-state index contributed by atoms with van der Waals surface area (Å²) in [6, 6.07) is 14.2. The highest BCUT2D eigenvalue weighted by atomic mass is 79.9. The van der Waals surface area contributed by atoms with Crippen LogP contribution in [0.15, 0.2) is 51.4 Å². The standard InChI is InChI=1S/C19H18BrNO3/c1-12(17-8-13-4-2-3-5-16(13)24-17)21-11-14-9-18-19(10-15(14)20)23-7-6-22-18/h2-5,8-10,12,21H,6-7,11H2,1H3. The summed E-state index contributed by atoms with van der Waals surface area (Å²) in [5, 5.41) is 4.63. The number of ether oxygens (including phenoxy) is 2. The van der Waals surface area contributed by atoms with Crippen molar-refractivity contribution < 1.29 is 13.9 Å². The largest absolute Gasteiger partial charge is 0.486 e. The summed E-state index contributed by atoms with van der Waals surface area (Å²) in [6.07, 6.45) is 0. The van der Waals surface area contributed by atoms with Gasteiger partial charge in [0, 0.05) is 16.4 Å². The summed E-state index contributed by atoms with van der Waals surface area (Å²) in [5.41, 5.74) is 2.05. The zero-order chi connectivity index (χ0) is 16.5. The van der Waals surface area contributed by atoms with Gasteiger partial charge in [0.15, 0.2) is 11.5 Å². The number of fused-ring (bicyclic) bond motifs is 2. The van der Waals surface area contributed by atoms with Crippen molar-refractivity contribution in [2.24, 2.45) is 0 Å². The number of hydrogen-bond donors (Lipinski definition) is 1. The molecule has 0 aliphatic carbocycles. The van der Waals surface area contributed by atoms with Crippen LogP contribution in [0.1, 0.15) is 24.3 Å². The molecule has 124 valence electrons. The molecular formula is C19H18BrNO3. The minimum absolute atomic E-state index is 0.109. The van der Waals surface area contributed by atoms with Gasteiger partial charge in [-0.3, -0.25) is 0 Å². The molecule has 0 fully saturated rings. The summed E-state index contributed by atoms with van der Waals surface area (Å²) < 4.78 is 18.2. The Labute approximate surface area is 148 Å². The van der Waals surface area contributed by atoms with Gasteiger partial charge in [-0.05, 0) is 36.8 Å². The quantitative estimate of drug-likeness (QED) is 0.696. The van der Waals surface area contributed by atoms with Gasteiger partial charge in [0.05, 0.1) is 6.04 Å². The maximum absolute atomic E-state index is 5.92. The minimum Gasteiger partial charge on any atom is -0.486 e. The molecule has 4 rings (SSSR count). The van der Waals surface area contributed by atoms with E-state index >= 15 is 0 Å². The summed E-state index contributed by atoms with van der Waals surface area (Å²) in [6.45, 7) is 4.00. The van der Waals surface area contributed by atoms with Crippen molar-refractivity contribution in [1.29, 1.82) is 0 Å². The molecule has 2 heterocycles. The molecule has 1 atom stereocenters. The second kappa shape index (κ2) is 6.49. The Morgan fingerprint density at radius 3 is 2.62 bits per heavy atom. The summed E-state index contributed by atoms with van der Waals surface area (Å²) in [4.78, 5) is 0. The van der Waals surface area contributed by atoms with Crippen molar-refractivity contribution in [2.75, 3.05) is 13.2 Å². The molecule has 1 aliphatic rings. The van der Waals surface area contributed by atoms with Gasteiger partial charge in [-0.25, -0.2) is 0 Å². The lowest BCUT2D eigenvalue weighted by atomic mass is 10.1. The third kappa shape index (κ3) is 3.01. The van der Waals surface area contributed by atoms with E-state index in [0.717, 1.165) is 38.3 Å². The Morgan fingerprint density at radius 1 is 1.08 bits per heavy atom. The summed E-state index contributed by atoms with van der Waals surface area (Å²) in [7, 11) is 0. The number of benzene rings is 2. The van der Waals surface area contributed by atoms with E-state index in [1.807, 2.05) is 30.3 Å². The molecule has 4 nitrogen and oxygen atoms in total. The van der Waals surface area contributed by atoms with Crippen LogP contribution in [0.25, 0.3) is 11.0 Å². The van der Waals surface area contributed by atoms with Gasteiger partial charge in [-0.15, -0.1) is 0 Å². The number of hydrogen-bond acceptors (Lipinski definition) is 4. The normalized spacial score (nSPS) is 14.8. The van der Waals surface area contributed by atoms with Gasteiger partial charge in [0.2, 0.25) is 0 Å². The Kier molecular flexibility index (Phi) is 4.21. The number of furan rings is 1. The molecule has 0 saturated heterocycles. The first kappa shape index (κ1) is 15.5. The molecule has 0 radical (unpaired) electrons. The van der Waals surface area contributed by atoms with Crippen LogP contribution in [0.3, 0.4) is 0 Å². The maximum Gasteiger partial charge on any atom is 0.162 e. The van der Waals surface area contributed by atoms with E-state index in [-0.39, 0.29) is 6.04 Å². The molecule has 2 aromatic carbocycles. The van der Waals surface area contributed by atoms with Crippen LogP contribution in [0.5, 0.6) is 11.5 Å². The van der Waals surface area contributed by atoms with E-state index in [1.165, 1.54) is 0 Å². The second-order valence-electron chi connectivity index (χ2n) is 5.88. The van der Waals surface area contributed by atoms with Crippen molar-refractivity contribution in [1.82, 2.24) is 5.32 Å². The van der Waals surface area contributed by atoms with Gasteiger partial charge in [0.25, 0.3) is 0 Å². The van der Waals surface area contributed by atoms with Crippen LogP contribution < -0.4 is 14.8 Å². The molecule has 5 heteroatoms. The Morgan fingerprint density at radius 2 is 1.83 bits per heavy atom. The zero-order valence-corrected chi connectivity index (χ0v) is 14.9. The van der Waals surface area contributed by atoms with Crippen molar-refractivity contribution in [3.8, 4) is 11.5 Å². The van der Waals surface area contributed by atoms with Crippen LogP contribution in [-0.4, -0.2) is 13.2 Å². The van der Waals surface area contributed by atoms with Crippen LogP contribution in [0.2, 0.25) is 0 Å². The fourth-order valence-electron chi connectivity index (χ4n) is 2.82. The number of nitrogens with one attached hydrogen (secondary N) is 1. The lowest BCUT2D eigenvalue weighted by molar-refractivity contribution is 0.171. The molecule has 1 aliphatic heterocycles. The summed E-state index contributed by atoms with van der Waals surface area (Å²) >= 11 is 3.61. The van der Waals surface area contributed by atoms with Gasteiger partial charge in [0.1, 0.15) is 24.6 Å². The van der Waals surface area contributed by atoms with Crippen LogP contribution in [0.4, 0.5) is 0 Å². The van der Waals surface area contributed by atoms with Gasteiger partial charge >= 0.3 is 0 Å². The van der Waals surface area contributed by atoms with E-state index in [9.17, 15) is 0 Å². The monoisotopic (exact) mass is 387 g/mol. The topological polar surface area (TPSA) is 43.6 Å². The van der Waals surface area contributed by atoms with Crippen LogP contribution in [-0.2, 0) is 6.54 Å². The van der Waals surface area contributed by atoms with E-state index in [2.05, 4.69) is 40.3 Å². The minimum atomic E-state index is 0.109. The van der Waals surface area contributed by atoms with Crippen molar-refractivity contribution in [3.05, 3.63) is 58.3 Å². The highest BCUT2D eigenvalue weighted by molar-refractivity contribution is 9.10. The first-order chi connectivity index (χ1) is 11.7. The predicted octanol–water partition coefficient (Wildman–Crippen LogP) is 4.82. The Hall–Kier alpha value is -1.98. The van der Waals surface area contributed by atoms with E-state index in [1.54, 1.807) is 0 Å². The molecule has 0 amide bonds. The summed E-state index contributed by atoms with van der Waals surface area (Å²) in [5.74, 6) is 2.53. The molecule has 3 aromatic rings. The van der Waals surface area contributed by atoms with Crippen LogP contribution in [0, 0.1) is 0 Å². The molecule has 1 N–H and O–H groups in total. The number of halogens is 1. The van der Waals surface area contributed by atoms with Crippen LogP contribution >= 0.6 is 15.9 Å². The van der Waals surface area contributed by atoms with Gasteiger partial charge in [-0.2, -0.15) is 0 Å². The smallest absolute Gasteiger partial charge is 0.162 e. The van der Waals surface area contributed by atoms with Crippen molar-refractivity contribution in [3.63, 3.8) is 0 Å². The molecular weight excluding hydrogens is 370 g/mol. The SMILES string of the molecule is CC(NCc1cc2c(cc1Br)OCCO2)c1cc2ccccc2o1. The predicted molar refractivity (Wildman–Crippen MR) is 96.6 cm³/mol. The molecule has 24 heavy (non-hydrogen) atoms. The van der Waals surface area contributed by atoms with E-state index < -0.39 is 0 Å². The number of rotatable bonds is 4. The zero-order valence-electron chi connectivity index (χ0n) is 13.3. The first-order valence-corrected chi connectivity index (χ1v) is 8.80. The van der Waals surface area contributed by atoms with E-state index in [4.69, 9.17) is 13.9 Å². The highest BCUT2D eigenvalue weighted by Crippen LogP contribution is 2.35. The Balaban J connectivity index is 1.49. The lowest BCUT2D eigenvalue weighted by Crippen LogP contribution is -2.19. The average Bonchev–Trinajstić information content (AvgIpc) is 3.04. The number of para-hydroxylation sites is 1. The van der Waals surface area contributed by atoms with Crippen molar-refractivity contribution in [2.45, 2.75) is 19.5 Å². The highest BCUT2D eigenvalue weighted by Gasteiger charge is 2.16. The molecule has 1 aromatic heterocycles. The fraction of sp³-hybridized carbons (Fsp3) is 0.263. The lowest BCUT2D eigenvalue weighted by Gasteiger charge is -2.20. The fourth-order valence-corrected chi connectivity index (χ4v) is 3.28. The second-order valence-corrected chi connectivity index (χ2v) is 6.73. The van der Waals surface area contributed by atoms with Crippen molar-refractivity contribution >= 4 is 26.9 Å². The first-order valence-electron chi connectivity index (χ1n) is 8.00. The third-order valence-electron chi connectivity index (χ3n) is 4.18. The third-order valence-corrected chi connectivity index (χ3v) is 4.92. The molecule has 0 saturated carbocycles. The molecule has 0 bridgehead atoms. The molecule has 0 spiro atoms. The van der Waals surface area contributed by atoms with Gasteiger partial charge in [-0.1, -0.05) is 34.1 Å². The average molecular weight is 388 g/mol. The molecule has 1 unspecified atom stereocenters.